The molecular weight excluding hydrogens is 204 g/mol. The quantitative estimate of drug-likeness (QED) is 0.826. The lowest BCUT2D eigenvalue weighted by Crippen LogP contribution is -2.02. The first-order valence-corrected chi connectivity index (χ1v) is 4.86. The van der Waals surface area contributed by atoms with E-state index in [9.17, 15) is 0 Å². The largest absolute Gasteiger partial charge is 0.421 e. The fraction of sp³-hybridized carbons (Fsp3) is 0.182. The molecule has 16 heavy (non-hydrogen) atoms. The van der Waals surface area contributed by atoms with Gasteiger partial charge in [-0.2, -0.15) is 5.26 Å². The number of aromatic nitrogens is 2. The SMILES string of the molecule is N#Cc1ccc(-c2nnc(CCN)o2)cc1. The zero-order valence-electron chi connectivity index (χ0n) is 8.55. The van der Waals surface area contributed by atoms with Gasteiger partial charge in [-0.25, -0.2) is 0 Å². The normalized spacial score (nSPS) is 10.0. The highest BCUT2D eigenvalue weighted by Crippen LogP contribution is 2.18. The molecule has 80 valence electrons. The third-order valence-corrected chi connectivity index (χ3v) is 2.09. The van der Waals surface area contributed by atoms with Gasteiger partial charge in [0.1, 0.15) is 0 Å². The Labute approximate surface area is 92.5 Å². The Balaban J connectivity index is 2.25. The van der Waals surface area contributed by atoms with Crippen molar-refractivity contribution in [1.29, 1.82) is 5.26 Å². The van der Waals surface area contributed by atoms with E-state index in [0.717, 1.165) is 5.56 Å². The first kappa shape index (κ1) is 10.3. The van der Waals surface area contributed by atoms with Crippen LogP contribution in [-0.2, 0) is 6.42 Å². The summed E-state index contributed by atoms with van der Waals surface area (Å²) in [7, 11) is 0. The van der Waals surface area contributed by atoms with Crippen LogP contribution in [0.2, 0.25) is 0 Å². The smallest absolute Gasteiger partial charge is 0.247 e. The number of hydrogen-bond donors (Lipinski definition) is 1. The lowest BCUT2D eigenvalue weighted by atomic mass is 10.1. The average Bonchev–Trinajstić information content (AvgIpc) is 2.78. The van der Waals surface area contributed by atoms with Crippen molar-refractivity contribution in [3.05, 3.63) is 35.7 Å². The molecule has 0 unspecified atom stereocenters. The van der Waals surface area contributed by atoms with E-state index < -0.39 is 0 Å². The second-order valence-corrected chi connectivity index (χ2v) is 3.23. The summed E-state index contributed by atoms with van der Waals surface area (Å²) < 4.78 is 5.40. The van der Waals surface area contributed by atoms with E-state index in [4.69, 9.17) is 15.4 Å². The van der Waals surface area contributed by atoms with Crippen LogP contribution >= 0.6 is 0 Å². The monoisotopic (exact) mass is 214 g/mol. The number of nitriles is 1. The van der Waals surface area contributed by atoms with Crippen LogP contribution in [0.25, 0.3) is 11.5 Å². The molecular formula is C11H10N4O. The van der Waals surface area contributed by atoms with Crippen LogP contribution in [0.4, 0.5) is 0 Å². The molecule has 0 bridgehead atoms. The van der Waals surface area contributed by atoms with Crippen LogP contribution in [0.1, 0.15) is 11.5 Å². The molecule has 5 nitrogen and oxygen atoms in total. The Morgan fingerprint density at radius 3 is 2.62 bits per heavy atom. The molecule has 0 saturated carbocycles. The van der Waals surface area contributed by atoms with Crippen LogP contribution in [0.3, 0.4) is 0 Å². The van der Waals surface area contributed by atoms with Crippen molar-refractivity contribution < 1.29 is 4.42 Å². The molecule has 2 N–H and O–H groups in total. The summed E-state index contributed by atoms with van der Waals surface area (Å²) in [5.74, 6) is 0.981. The zero-order chi connectivity index (χ0) is 11.4. The molecule has 0 radical (unpaired) electrons. The molecule has 0 aliphatic heterocycles. The molecule has 1 heterocycles. The summed E-state index contributed by atoms with van der Waals surface area (Å²) in [4.78, 5) is 0. The Hall–Kier alpha value is -2.19. The lowest BCUT2D eigenvalue weighted by molar-refractivity contribution is 0.507. The van der Waals surface area contributed by atoms with Crippen molar-refractivity contribution in [2.24, 2.45) is 5.73 Å². The highest BCUT2D eigenvalue weighted by atomic mass is 16.4. The van der Waals surface area contributed by atoms with Gasteiger partial charge in [-0.3, -0.25) is 0 Å². The molecule has 0 spiro atoms. The molecule has 1 aromatic heterocycles. The average molecular weight is 214 g/mol. The van der Waals surface area contributed by atoms with Gasteiger partial charge >= 0.3 is 0 Å². The highest BCUT2D eigenvalue weighted by molar-refractivity contribution is 5.54. The van der Waals surface area contributed by atoms with E-state index in [1.165, 1.54) is 0 Å². The molecule has 0 aliphatic carbocycles. The highest BCUT2D eigenvalue weighted by Gasteiger charge is 2.07. The Kier molecular flexibility index (Phi) is 2.94. The number of nitrogens with zero attached hydrogens (tertiary/aromatic N) is 3. The topological polar surface area (TPSA) is 88.7 Å². The van der Waals surface area contributed by atoms with E-state index in [1.807, 2.05) is 6.07 Å². The zero-order valence-corrected chi connectivity index (χ0v) is 8.55. The number of rotatable bonds is 3. The molecule has 2 rings (SSSR count). The number of benzene rings is 1. The lowest BCUT2D eigenvalue weighted by Gasteiger charge is -1.93. The van der Waals surface area contributed by atoms with Crippen molar-refractivity contribution in [2.45, 2.75) is 6.42 Å². The number of nitrogens with two attached hydrogens (primary N) is 1. The van der Waals surface area contributed by atoms with Crippen molar-refractivity contribution >= 4 is 0 Å². The van der Waals surface area contributed by atoms with E-state index in [2.05, 4.69) is 10.2 Å². The molecule has 1 aromatic carbocycles. The van der Waals surface area contributed by atoms with E-state index >= 15 is 0 Å². The molecule has 0 amide bonds. The summed E-state index contributed by atoms with van der Waals surface area (Å²) in [6.07, 6.45) is 0.573. The predicted molar refractivity (Wildman–Crippen MR) is 57.2 cm³/mol. The van der Waals surface area contributed by atoms with Crippen molar-refractivity contribution in [2.75, 3.05) is 6.54 Å². The summed E-state index contributed by atoms with van der Waals surface area (Å²) in [5, 5.41) is 16.4. The maximum absolute atomic E-state index is 8.66. The summed E-state index contributed by atoms with van der Waals surface area (Å²) >= 11 is 0. The van der Waals surface area contributed by atoms with E-state index in [-0.39, 0.29) is 0 Å². The standard InChI is InChI=1S/C11H10N4O/c12-6-5-10-14-15-11(16-10)9-3-1-8(7-13)2-4-9/h1-4H,5-6,12H2. The van der Waals surface area contributed by atoms with E-state index in [1.54, 1.807) is 24.3 Å². The number of hydrogen-bond acceptors (Lipinski definition) is 5. The minimum atomic E-state index is 0.452. The first-order chi connectivity index (χ1) is 7.83. The van der Waals surface area contributed by atoms with Gasteiger partial charge in [0.2, 0.25) is 11.8 Å². The van der Waals surface area contributed by atoms with Gasteiger partial charge in [0, 0.05) is 18.5 Å². The second kappa shape index (κ2) is 4.55. The maximum Gasteiger partial charge on any atom is 0.247 e. The van der Waals surface area contributed by atoms with Gasteiger partial charge in [0.15, 0.2) is 0 Å². The molecule has 5 heteroatoms. The molecule has 2 aromatic rings. The Morgan fingerprint density at radius 2 is 2.00 bits per heavy atom. The first-order valence-electron chi connectivity index (χ1n) is 4.86. The minimum absolute atomic E-state index is 0.452. The van der Waals surface area contributed by atoms with Crippen LogP contribution < -0.4 is 5.73 Å². The second-order valence-electron chi connectivity index (χ2n) is 3.23. The summed E-state index contributed by atoms with van der Waals surface area (Å²) in [6.45, 7) is 0.481. The van der Waals surface area contributed by atoms with Gasteiger partial charge in [0.25, 0.3) is 0 Å². The molecule has 0 aliphatic rings. The summed E-state index contributed by atoms with van der Waals surface area (Å²) in [5.41, 5.74) is 6.79. The van der Waals surface area contributed by atoms with Gasteiger partial charge in [-0.05, 0) is 24.3 Å². The predicted octanol–water partition coefficient (Wildman–Crippen LogP) is 1.11. The van der Waals surface area contributed by atoms with Crippen molar-refractivity contribution in [1.82, 2.24) is 10.2 Å². The van der Waals surface area contributed by atoms with Crippen LogP contribution in [0.15, 0.2) is 28.7 Å². The fourth-order valence-corrected chi connectivity index (χ4v) is 1.28. The molecule has 0 atom stereocenters. The van der Waals surface area contributed by atoms with Gasteiger partial charge in [-0.1, -0.05) is 0 Å². The van der Waals surface area contributed by atoms with Gasteiger partial charge in [-0.15, -0.1) is 10.2 Å². The van der Waals surface area contributed by atoms with Gasteiger partial charge in [0.05, 0.1) is 11.6 Å². The Morgan fingerprint density at radius 1 is 1.25 bits per heavy atom. The fourth-order valence-electron chi connectivity index (χ4n) is 1.28. The third kappa shape index (κ3) is 2.07. The molecule has 0 saturated heterocycles. The minimum Gasteiger partial charge on any atom is -0.421 e. The third-order valence-electron chi connectivity index (χ3n) is 2.09. The summed E-state index contributed by atoms with van der Waals surface area (Å²) in [6, 6.07) is 9.02. The van der Waals surface area contributed by atoms with Crippen LogP contribution in [0.5, 0.6) is 0 Å². The maximum atomic E-state index is 8.66. The Bertz CT molecular complexity index is 510. The van der Waals surface area contributed by atoms with Crippen molar-refractivity contribution in [3.8, 4) is 17.5 Å². The van der Waals surface area contributed by atoms with Crippen molar-refractivity contribution in [3.63, 3.8) is 0 Å². The van der Waals surface area contributed by atoms with Crippen LogP contribution in [-0.4, -0.2) is 16.7 Å². The molecule has 0 fully saturated rings. The van der Waals surface area contributed by atoms with Gasteiger partial charge < -0.3 is 10.2 Å². The van der Waals surface area contributed by atoms with Crippen LogP contribution in [0, 0.1) is 11.3 Å². The van der Waals surface area contributed by atoms with E-state index in [0.29, 0.717) is 30.3 Å².